The fourth-order valence-corrected chi connectivity index (χ4v) is 2.56. The molecule has 2 N–H and O–H groups in total. The van der Waals surface area contributed by atoms with E-state index >= 15 is 0 Å². The molecule has 1 saturated heterocycles. The molecule has 2 unspecified atom stereocenters. The van der Waals surface area contributed by atoms with E-state index in [9.17, 15) is 4.79 Å². The molecule has 2 rings (SSSR count). The van der Waals surface area contributed by atoms with E-state index < -0.39 is 0 Å². The number of pyridine rings is 1. The Hall–Kier alpha value is -1.62. The van der Waals surface area contributed by atoms with Gasteiger partial charge in [-0.05, 0) is 32.1 Å². The van der Waals surface area contributed by atoms with Crippen LogP contribution < -0.4 is 5.73 Å². The van der Waals surface area contributed by atoms with Gasteiger partial charge in [0, 0.05) is 25.3 Å². The van der Waals surface area contributed by atoms with Crippen LogP contribution in [0.3, 0.4) is 0 Å². The number of hydrogen-bond donors (Lipinski definition) is 1. The van der Waals surface area contributed by atoms with E-state index in [2.05, 4.69) is 16.8 Å². The SMILES string of the molecule is CC1CN(C(=O)c2cccnc2N)CC1N(C)C. The third-order valence-corrected chi connectivity index (χ3v) is 3.59. The Balaban J connectivity index is 2.15. The Bertz CT molecular complexity index is 446. The number of amides is 1. The first kappa shape index (κ1) is 12.8. The third-order valence-electron chi connectivity index (χ3n) is 3.59. The molecule has 2 heterocycles. The standard InChI is InChI=1S/C13H20N4O/c1-9-7-17(8-11(9)16(2)3)13(18)10-5-4-6-15-12(10)14/h4-6,9,11H,7-8H2,1-3H3,(H2,14,15). The molecule has 1 amide bonds. The zero-order valence-electron chi connectivity index (χ0n) is 11.1. The summed E-state index contributed by atoms with van der Waals surface area (Å²) in [5.41, 5.74) is 6.25. The van der Waals surface area contributed by atoms with Crippen molar-refractivity contribution in [2.24, 2.45) is 5.92 Å². The highest BCUT2D eigenvalue weighted by molar-refractivity contribution is 5.98. The van der Waals surface area contributed by atoms with Crippen LogP contribution in [0, 0.1) is 5.92 Å². The van der Waals surface area contributed by atoms with Crippen LogP contribution >= 0.6 is 0 Å². The van der Waals surface area contributed by atoms with Gasteiger partial charge in [0.15, 0.2) is 0 Å². The largest absolute Gasteiger partial charge is 0.383 e. The molecule has 0 radical (unpaired) electrons. The van der Waals surface area contributed by atoms with Crippen molar-refractivity contribution in [3.63, 3.8) is 0 Å². The fraction of sp³-hybridized carbons (Fsp3) is 0.538. The maximum absolute atomic E-state index is 12.4. The lowest BCUT2D eigenvalue weighted by Crippen LogP contribution is -2.36. The molecule has 1 fully saturated rings. The predicted octanol–water partition coefficient (Wildman–Crippen LogP) is 0.686. The number of carbonyl (C=O) groups is 1. The van der Waals surface area contributed by atoms with Crippen LogP contribution in [0.25, 0.3) is 0 Å². The minimum absolute atomic E-state index is 0.0169. The van der Waals surface area contributed by atoms with Crippen molar-refractivity contribution in [1.82, 2.24) is 14.8 Å². The number of nitrogens with zero attached hydrogens (tertiary/aromatic N) is 3. The van der Waals surface area contributed by atoms with Crippen LogP contribution in [-0.4, -0.2) is 53.9 Å². The van der Waals surface area contributed by atoms with Gasteiger partial charge in [-0.1, -0.05) is 6.92 Å². The van der Waals surface area contributed by atoms with Gasteiger partial charge in [0.2, 0.25) is 0 Å². The number of likely N-dealkylation sites (tertiary alicyclic amines) is 1. The molecular formula is C13H20N4O. The zero-order chi connectivity index (χ0) is 13.3. The van der Waals surface area contributed by atoms with Gasteiger partial charge < -0.3 is 15.5 Å². The van der Waals surface area contributed by atoms with Gasteiger partial charge in [0.1, 0.15) is 5.82 Å². The summed E-state index contributed by atoms with van der Waals surface area (Å²) in [5.74, 6) is 0.766. The number of rotatable bonds is 2. The summed E-state index contributed by atoms with van der Waals surface area (Å²) in [6.45, 7) is 3.70. The van der Waals surface area contributed by atoms with Gasteiger partial charge in [0.05, 0.1) is 5.56 Å². The summed E-state index contributed by atoms with van der Waals surface area (Å²) in [6, 6.07) is 3.89. The molecule has 1 aromatic heterocycles. The summed E-state index contributed by atoms with van der Waals surface area (Å²) >= 11 is 0. The maximum Gasteiger partial charge on any atom is 0.257 e. The Labute approximate surface area is 108 Å². The quantitative estimate of drug-likeness (QED) is 0.836. The Morgan fingerprint density at radius 1 is 1.50 bits per heavy atom. The summed E-state index contributed by atoms with van der Waals surface area (Å²) in [6.07, 6.45) is 1.60. The van der Waals surface area contributed by atoms with Crippen molar-refractivity contribution in [2.45, 2.75) is 13.0 Å². The van der Waals surface area contributed by atoms with Gasteiger partial charge in [-0.2, -0.15) is 0 Å². The van der Waals surface area contributed by atoms with E-state index in [0.717, 1.165) is 13.1 Å². The normalized spacial score (nSPS) is 23.7. The summed E-state index contributed by atoms with van der Waals surface area (Å²) in [5, 5.41) is 0. The number of nitrogens with two attached hydrogens (primary N) is 1. The highest BCUT2D eigenvalue weighted by atomic mass is 16.2. The molecule has 0 aliphatic carbocycles. The molecule has 0 bridgehead atoms. The summed E-state index contributed by atoms with van der Waals surface area (Å²) < 4.78 is 0. The van der Waals surface area contributed by atoms with Crippen LogP contribution in [0.5, 0.6) is 0 Å². The topological polar surface area (TPSA) is 62.5 Å². The number of carbonyl (C=O) groups excluding carboxylic acids is 1. The van der Waals surface area contributed by atoms with Crippen LogP contribution in [-0.2, 0) is 0 Å². The fourth-order valence-electron chi connectivity index (χ4n) is 2.56. The smallest absolute Gasteiger partial charge is 0.257 e. The predicted molar refractivity (Wildman–Crippen MR) is 71.2 cm³/mol. The van der Waals surface area contributed by atoms with E-state index in [1.807, 2.05) is 19.0 Å². The van der Waals surface area contributed by atoms with E-state index in [1.54, 1.807) is 18.3 Å². The highest BCUT2D eigenvalue weighted by Gasteiger charge is 2.34. The minimum Gasteiger partial charge on any atom is -0.383 e. The second-order valence-corrected chi connectivity index (χ2v) is 5.15. The molecule has 5 heteroatoms. The maximum atomic E-state index is 12.4. The van der Waals surface area contributed by atoms with E-state index in [1.165, 1.54) is 0 Å². The molecule has 5 nitrogen and oxygen atoms in total. The monoisotopic (exact) mass is 248 g/mol. The Morgan fingerprint density at radius 3 is 2.78 bits per heavy atom. The lowest BCUT2D eigenvalue weighted by Gasteiger charge is -2.22. The average molecular weight is 248 g/mol. The molecule has 0 aromatic carbocycles. The van der Waals surface area contributed by atoms with Gasteiger partial charge in [-0.25, -0.2) is 4.98 Å². The second-order valence-electron chi connectivity index (χ2n) is 5.15. The Morgan fingerprint density at radius 2 is 2.22 bits per heavy atom. The number of hydrogen-bond acceptors (Lipinski definition) is 4. The lowest BCUT2D eigenvalue weighted by atomic mass is 10.1. The number of aromatic nitrogens is 1. The molecule has 98 valence electrons. The lowest BCUT2D eigenvalue weighted by molar-refractivity contribution is 0.0782. The molecule has 1 aromatic rings. The van der Waals surface area contributed by atoms with Crippen LogP contribution in [0.2, 0.25) is 0 Å². The van der Waals surface area contributed by atoms with E-state index in [0.29, 0.717) is 23.3 Å². The van der Waals surface area contributed by atoms with E-state index in [-0.39, 0.29) is 5.91 Å². The first-order chi connectivity index (χ1) is 8.50. The molecule has 1 aliphatic rings. The van der Waals surface area contributed by atoms with Crippen molar-refractivity contribution in [3.05, 3.63) is 23.9 Å². The van der Waals surface area contributed by atoms with Gasteiger partial charge in [0.25, 0.3) is 5.91 Å². The van der Waals surface area contributed by atoms with Gasteiger partial charge in [-0.3, -0.25) is 4.79 Å². The number of likely N-dealkylation sites (N-methyl/N-ethyl adjacent to an activating group) is 1. The van der Waals surface area contributed by atoms with Crippen LogP contribution in [0.15, 0.2) is 18.3 Å². The minimum atomic E-state index is -0.0169. The van der Waals surface area contributed by atoms with Gasteiger partial charge in [-0.15, -0.1) is 0 Å². The Kier molecular flexibility index (Phi) is 3.52. The molecule has 2 atom stereocenters. The van der Waals surface area contributed by atoms with Crippen molar-refractivity contribution < 1.29 is 4.79 Å². The molecular weight excluding hydrogens is 228 g/mol. The van der Waals surface area contributed by atoms with Crippen molar-refractivity contribution in [1.29, 1.82) is 0 Å². The first-order valence-electron chi connectivity index (χ1n) is 6.17. The molecule has 1 aliphatic heterocycles. The van der Waals surface area contributed by atoms with Crippen LogP contribution in [0.4, 0.5) is 5.82 Å². The number of anilines is 1. The average Bonchev–Trinajstić information content (AvgIpc) is 2.71. The zero-order valence-corrected chi connectivity index (χ0v) is 11.1. The highest BCUT2D eigenvalue weighted by Crippen LogP contribution is 2.22. The summed E-state index contributed by atoms with van der Waals surface area (Å²) in [7, 11) is 4.10. The second kappa shape index (κ2) is 4.94. The first-order valence-corrected chi connectivity index (χ1v) is 6.17. The van der Waals surface area contributed by atoms with E-state index in [4.69, 9.17) is 5.73 Å². The molecule has 0 spiro atoms. The summed E-state index contributed by atoms with van der Waals surface area (Å²) in [4.78, 5) is 20.4. The van der Waals surface area contributed by atoms with Crippen LogP contribution in [0.1, 0.15) is 17.3 Å². The van der Waals surface area contributed by atoms with Crippen molar-refractivity contribution >= 4 is 11.7 Å². The molecule has 18 heavy (non-hydrogen) atoms. The molecule has 0 saturated carbocycles. The van der Waals surface area contributed by atoms with Crippen molar-refractivity contribution in [2.75, 3.05) is 32.9 Å². The third kappa shape index (κ3) is 2.31. The van der Waals surface area contributed by atoms with Gasteiger partial charge >= 0.3 is 0 Å². The van der Waals surface area contributed by atoms with Crippen molar-refractivity contribution in [3.8, 4) is 0 Å². The number of nitrogen functional groups attached to an aromatic ring is 1.